The third-order valence-electron chi connectivity index (χ3n) is 3.80. The van der Waals surface area contributed by atoms with Gasteiger partial charge in [-0.3, -0.25) is 14.7 Å². The third kappa shape index (κ3) is 6.13. The summed E-state index contributed by atoms with van der Waals surface area (Å²) >= 11 is 0. The number of hydrogen-bond acceptors (Lipinski definition) is 4. The molecule has 2 N–H and O–H groups in total. The van der Waals surface area contributed by atoms with Gasteiger partial charge in [-0.15, -0.1) is 0 Å². The van der Waals surface area contributed by atoms with Gasteiger partial charge in [0.2, 0.25) is 7.37 Å². The van der Waals surface area contributed by atoms with Crippen LogP contribution < -0.4 is 5.32 Å². The maximum Gasteiger partial charge on any atom is 0.306 e. The Hall–Kier alpha value is -1.94. The van der Waals surface area contributed by atoms with Crippen molar-refractivity contribution >= 4 is 13.3 Å². The van der Waals surface area contributed by atoms with E-state index >= 15 is 0 Å². The number of benzene rings is 2. The van der Waals surface area contributed by atoms with Crippen LogP contribution in [0.5, 0.6) is 0 Å². The van der Waals surface area contributed by atoms with Gasteiger partial charge < -0.3 is 9.63 Å². The van der Waals surface area contributed by atoms with E-state index in [1.54, 1.807) is 6.92 Å². The summed E-state index contributed by atoms with van der Waals surface area (Å²) in [5, 5.41) is 3.18. The first-order chi connectivity index (χ1) is 12.0. The van der Waals surface area contributed by atoms with E-state index < -0.39 is 19.1 Å². The van der Waals surface area contributed by atoms with Gasteiger partial charge >= 0.3 is 5.97 Å². The highest BCUT2D eigenvalue weighted by Gasteiger charge is 2.32. The van der Waals surface area contributed by atoms with E-state index in [4.69, 9.17) is 4.74 Å². The molecule has 0 radical (unpaired) electrons. The molecule has 25 heavy (non-hydrogen) atoms. The van der Waals surface area contributed by atoms with Crippen LogP contribution in [0.2, 0.25) is 0 Å². The molecule has 0 heterocycles. The minimum Gasteiger partial charge on any atom is -0.466 e. The average molecular weight is 361 g/mol. The minimum absolute atomic E-state index is 0.0715. The number of nitrogens with one attached hydrogen (secondary N) is 1. The molecular weight excluding hydrogens is 337 g/mol. The van der Waals surface area contributed by atoms with Crippen molar-refractivity contribution in [2.45, 2.75) is 25.7 Å². The monoisotopic (exact) mass is 361 g/mol. The lowest BCUT2D eigenvalue weighted by atomic mass is 10.2. The Balaban J connectivity index is 2.13. The molecule has 0 aliphatic heterocycles. The maximum atomic E-state index is 12.9. The van der Waals surface area contributed by atoms with E-state index in [1.807, 2.05) is 60.7 Å². The molecule has 5 nitrogen and oxygen atoms in total. The normalized spacial score (nSPS) is 14.5. The van der Waals surface area contributed by atoms with Crippen LogP contribution in [0.15, 0.2) is 60.7 Å². The van der Waals surface area contributed by atoms with Gasteiger partial charge in [-0.05, 0) is 18.1 Å². The van der Waals surface area contributed by atoms with Crippen molar-refractivity contribution in [3.8, 4) is 0 Å². The Labute approximate surface area is 148 Å². The summed E-state index contributed by atoms with van der Waals surface area (Å²) < 4.78 is 17.8. The minimum atomic E-state index is -3.65. The number of rotatable bonds is 9. The molecule has 2 aromatic rings. The van der Waals surface area contributed by atoms with Crippen LogP contribution in [-0.2, 0) is 20.6 Å². The highest BCUT2D eigenvalue weighted by Crippen LogP contribution is 2.54. The Morgan fingerprint density at radius 3 is 2.32 bits per heavy atom. The van der Waals surface area contributed by atoms with Gasteiger partial charge in [0.1, 0.15) is 5.78 Å². The zero-order chi connectivity index (χ0) is 18.1. The van der Waals surface area contributed by atoms with Gasteiger partial charge in [0.05, 0.1) is 13.0 Å². The molecule has 0 fully saturated rings. The number of esters is 1. The van der Waals surface area contributed by atoms with Crippen molar-refractivity contribution in [2.75, 3.05) is 12.8 Å². The van der Waals surface area contributed by atoms with Crippen molar-refractivity contribution in [1.29, 1.82) is 0 Å². The van der Waals surface area contributed by atoms with Gasteiger partial charge in [0.25, 0.3) is 0 Å². The topological polar surface area (TPSA) is 75.6 Å². The Morgan fingerprint density at radius 1 is 1.12 bits per heavy atom. The maximum absolute atomic E-state index is 12.9. The summed E-state index contributed by atoms with van der Waals surface area (Å²) in [5.41, 5.74) is 1.75. The number of carbonyl (C=O) groups is 1. The predicted molar refractivity (Wildman–Crippen MR) is 98.4 cm³/mol. The van der Waals surface area contributed by atoms with E-state index in [9.17, 15) is 14.3 Å². The highest BCUT2D eigenvalue weighted by atomic mass is 31.2. The van der Waals surface area contributed by atoms with Crippen LogP contribution in [-0.4, -0.2) is 23.6 Å². The SMILES string of the molecule is CCOC(=O)CCP(=O)(O)C(NCc1ccccc1)c1ccccc1. The van der Waals surface area contributed by atoms with Crippen LogP contribution in [0, 0.1) is 0 Å². The molecular formula is C19H24NO4P. The quantitative estimate of drug-likeness (QED) is 0.526. The smallest absolute Gasteiger partial charge is 0.306 e. The summed E-state index contributed by atoms with van der Waals surface area (Å²) in [7, 11) is -3.65. The van der Waals surface area contributed by atoms with Crippen LogP contribution in [0.1, 0.15) is 30.3 Å². The molecule has 2 rings (SSSR count). The van der Waals surface area contributed by atoms with Gasteiger partial charge in [-0.2, -0.15) is 0 Å². The van der Waals surface area contributed by atoms with Crippen molar-refractivity contribution in [1.82, 2.24) is 5.32 Å². The lowest BCUT2D eigenvalue weighted by Gasteiger charge is -2.25. The lowest BCUT2D eigenvalue weighted by molar-refractivity contribution is -0.142. The molecule has 134 valence electrons. The lowest BCUT2D eigenvalue weighted by Crippen LogP contribution is -2.23. The number of carbonyl (C=O) groups excluding carboxylic acids is 1. The molecule has 2 aromatic carbocycles. The summed E-state index contributed by atoms with van der Waals surface area (Å²) in [5.74, 6) is -1.19. The van der Waals surface area contributed by atoms with Crippen molar-refractivity contribution in [3.63, 3.8) is 0 Å². The second kappa shape index (κ2) is 9.52. The van der Waals surface area contributed by atoms with E-state index in [1.165, 1.54) is 0 Å². The largest absolute Gasteiger partial charge is 0.466 e. The second-order valence-corrected chi connectivity index (χ2v) is 8.19. The summed E-state index contributed by atoms with van der Waals surface area (Å²) in [6, 6.07) is 18.8. The van der Waals surface area contributed by atoms with E-state index in [2.05, 4.69) is 5.32 Å². The summed E-state index contributed by atoms with van der Waals surface area (Å²) in [6.07, 6.45) is -0.189. The van der Waals surface area contributed by atoms with Crippen LogP contribution in [0.25, 0.3) is 0 Å². The standard InChI is InChI=1S/C19H24NO4P/c1-2-24-18(21)13-14-25(22,23)19(17-11-7-4-8-12-17)20-15-16-9-5-3-6-10-16/h3-12,19-20H,2,13-15H2,1H3,(H,22,23). The van der Waals surface area contributed by atoms with Gasteiger partial charge in [-0.25, -0.2) is 0 Å². The molecule has 0 aliphatic rings. The van der Waals surface area contributed by atoms with Crippen molar-refractivity contribution < 1.29 is 19.0 Å². The summed E-state index contributed by atoms with van der Waals surface area (Å²) in [6.45, 7) is 2.44. The predicted octanol–water partition coefficient (Wildman–Crippen LogP) is 3.70. The van der Waals surface area contributed by atoms with Crippen molar-refractivity contribution in [3.05, 3.63) is 71.8 Å². The first-order valence-electron chi connectivity index (χ1n) is 8.32. The molecule has 0 amide bonds. The number of hydrogen-bond donors (Lipinski definition) is 2. The van der Waals surface area contributed by atoms with Gasteiger partial charge in [0, 0.05) is 12.7 Å². The van der Waals surface area contributed by atoms with E-state index in [0.717, 1.165) is 11.1 Å². The van der Waals surface area contributed by atoms with E-state index in [0.29, 0.717) is 6.54 Å². The average Bonchev–Trinajstić information content (AvgIpc) is 2.62. The molecule has 0 aromatic heterocycles. The first kappa shape index (κ1) is 19.4. The van der Waals surface area contributed by atoms with Crippen LogP contribution >= 0.6 is 7.37 Å². The van der Waals surface area contributed by atoms with E-state index in [-0.39, 0.29) is 19.2 Å². The fourth-order valence-corrected chi connectivity index (χ4v) is 4.33. The fraction of sp³-hybridized carbons (Fsp3) is 0.316. The van der Waals surface area contributed by atoms with Gasteiger partial charge in [0.15, 0.2) is 0 Å². The zero-order valence-corrected chi connectivity index (χ0v) is 15.2. The Bertz CT molecular complexity index is 706. The molecule has 0 saturated carbocycles. The molecule has 0 spiro atoms. The molecule has 2 atom stereocenters. The second-order valence-electron chi connectivity index (χ2n) is 5.71. The van der Waals surface area contributed by atoms with Gasteiger partial charge in [-0.1, -0.05) is 60.7 Å². The zero-order valence-electron chi connectivity index (χ0n) is 14.3. The Morgan fingerprint density at radius 2 is 1.72 bits per heavy atom. The van der Waals surface area contributed by atoms with Crippen molar-refractivity contribution in [2.24, 2.45) is 0 Å². The summed E-state index contributed by atoms with van der Waals surface area (Å²) in [4.78, 5) is 22.2. The van der Waals surface area contributed by atoms with Crippen LogP contribution in [0.3, 0.4) is 0 Å². The Kier molecular flexibility index (Phi) is 7.38. The number of ether oxygens (including phenoxy) is 1. The van der Waals surface area contributed by atoms with Crippen LogP contribution in [0.4, 0.5) is 0 Å². The molecule has 0 bridgehead atoms. The molecule has 6 heteroatoms. The third-order valence-corrected chi connectivity index (χ3v) is 5.95. The highest BCUT2D eigenvalue weighted by molar-refractivity contribution is 7.58. The molecule has 0 saturated heterocycles. The molecule has 2 unspecified atom stereocenters. The first-order valence-corrected chi connectivity index (χ1v) is 10.2. The molecule has 0 aliphatic carbocycles. The fourth-order valence-electron chi connectivity index (χ4n) is 2.55.